The van der Waals surface area contributed by atoms with Crippen molar-refractivity contribution in [2.24, 2.45) is 5.92 Å². The van der Waals surface area contributed by atoms with E-state index in [-0.39, 0.29) is 35.8 Å². The fraction of sp³-hybridized carbons (Fsp3) is 0.412. The average Bonchev–Trinajstić information content (AvgIpc) is 3.16. The molecule has 1 aromatic heterocycles. The van der Waals surface area contributed by atoms with Gasteiger partial charge in [0.15, 0.2) is 0 Å². The van der Waals surface area contributed by atoms with E-state index in [0.717, 1.165) is 5.56 Å². The van der Waals surface area contributed by atoms with E-state index in [9.17, 15) is 18.0 Å². The summed E-state index contributed by atoms with van der Waals surface area (Å²) in [6.07, 6.45) is 1.86. The second-order valence-electron chi connectivity index (χ2n) is 6.50. The third kappa shape index (κ3) is 4.91. The summed E-state index contributed by atoms with van der Waals surface area (Å²) in [7, 11) is -1.48. The Hall–Kier alpha value is -2.75. The lowest BCUT2D eigenvalue weighted by atomic mass is 10.0. The number of nitrogens with zero attached hydrogens (tertiary/aromatic N) is 3. The van der Waals surface area contributed by atoms with E-state index in [0.29, 0.717) is 24.4 Å². The molecule has 1 aliphatic heterocycles. The Labute approximate surface area is 156 Å². The molecule has 9 nitrogen and oxygen atoms in total. The molecule has 1 aliphatic rings. The van der Waals surface area contributed by atoms with E-state index >= 15 is 0 Å². The van der Waals surface area contributed by atoms with Crippen molar-refractivity contribution < 1.29 is 22.5 Å². The van der Waals surface area contributed by atoms with Crippen LogP contribution in [0.25, 0.3) is 11.4 Å². The van der Waals surface area contributed by atoms with Crippen LogP contribution in [0.5, 0.6) is 0 Å². The van der Waals surface area contributed by atoms with Gasteiger partial charge in [0.25, 0.3) is 0 Å². The highest BCUT2D eigenvalue weighted by Crippen LogP contribution is 2.21. The number of amides is 2. The van der Waals surface area contributed by atoms with Gasteiger partial charge in [-0.3, -0.25) is 9.59 Å². The molecular formula is C17H20N4O5S. The zero-order chi connectivity index (χ0) is 19.4. The first-order valence-corrected chi connectivity index (χ1v) is 10.3. The number of likely N-dealkylation sites (N-methyl/N-ethyl adjacent to an activating group) is 1. The van der Waals surface area contributed by atoms with Crippen LogP contribution >= 0.6 is 0 Å². The van der Waals surface area contributed by atoms with Crippen LogP contribution < -0.4 is 5.32 Å². The number of carbonyl (C=O) groups excluding carboxylic acids is 2. The maximum atomic E-state index is 12.4. The molecule has 3 rings (SSSR count). The summed E-state index contributed by atoms with van der Waals surface area (Å²) < 4.78 is 27.6. The van der Waals surface area contributed by atoms with Gasteiger partial charge in [-0.2, -0.15) is 4.98 Å². The van der Waals surface area contributed by atoms with Gasteiger partial charge in [-0.15, -0.1) is 0 Å². The minimum absolute atomic E-state index is 0.0240. The molecule has 0 bridgehead atoms. The first-order chi connectivity index (χ1) is 12.8. The molecule has 0 unspecified atom stereocenters. The van der Waals surface area contributed by atoms with E-state index in [1.807, 2.05) is 0 Å². The van der Waals surface area contributed by atoms with Gasteiger partial charge in [-0.25, -0.2) is 8.42 Å². The molecule has 1 aromatic carbocycles. The molecular weight excluding hydrogens is 372 g/mol. The van der Waals surface area contributed by atoms with Crippen molar-refractivity contribution in [1.29, 1.82) is 0 Å². The topological polar surface area (TPSA) is 122 Å². The van der Waals surface area contributed by atoms with Crippen molar-refractivity contribution in [2.75, 3.05) is 30.4 Å². The van der Waals surface area contributed by atoms with Crippen molar-refractivity contribution >= 4 is 27.3 Å². The summed E-state index contributed by atoms with van der Waals surface area (Å²) in [5, 5.41) is 6.46. The van der Waals surface area contributed by atoms with Crippen LogP contribution in [0, 0.1) is 5.92 Å². The van der Waals surface area contributed by atoms with E-state index in [2.05, 4.69) is 20.0 Å². The van der Waals surface area contributed by atoms with Gasteiger partial charge in [0.1, 0.15) is 9.84 Å². The van der Waals surface area contributed by atoms with Crippen LogP contribution in [0.4, 0.5) is 5.69 Å². The SMILES string of the molecule is CN(CC(=O)Nc1ccc(-c2ncon2)cc1)C(=O)C1CCS(=O)(=O)CC1. The number of aromatic nitrogens is 2. The lowest BCUT2D eigenvalue weighted by Gasteiger charge is -2.26. The summed E-state index contributed by atoms with van der Waals surface area (Å²) in [6.45, 7) is -0.103. The zero-order valence-corrected chi connectivity index (χ0v) is 15.6. The van der Waals surface area contributed by atoms with Gasteiger partial charge < -0.3 is 14.7 Å². The average molecular weight is 392 g/mol. The fourth-order valence-electron chi connectivity index (χ4n) is 2.94. The second kappa shape index (κ2) is 7.87. The molecule has 1 saturated heterocycles. The lowest BCUT2D eigenvalue weighted by molar-refractivity contribution is -0.137. The number of nitrogens with one attached hydrogen (secondary N) is 1. The van der Waals surface area contributed by atoms with E-state index in [1.54, 1.807) is 31.3 Å². The van der Waals surface area contributed by atoms with E-state index in [4.69, 9.17) is 0 Å². The van der Waals surface area contributed by atoms with Crippen molar-refractivity contribution in [2.45, 2.75) is 12.8 Å². The van der Waals surface area contributed by atoms with Crippen LogP contribution in [-0.4, -0.2) is 60.4 Å². The van der Waals surface area contributed by atoms with Gasteiger partial charge in [0.05, 0.1) is 18.1 Å². The Morgan fingerprint density at radius 2 is 1.89 bits per heavy atom. The Morgan fingerprint density at radius 3 is 2.48 bits per heavy atom. The molecule has 0 spiro atoms. The van der Waals surface area contributed by atoms with Crippen LogP contribution in [0.15, 0.2) is 35.2 Å². The van der Waals surface area contributed by atoms with Crippen LogP contribution in [0.2, 0.25) is 0 Å². The molecule has 1 N–H and O–H groups in total. The van der Waals surface area contributed by atoms with Gasteiger partial charge in [0.2, 0.25) is 24.0 Å². The van der Waals surface area contributed by atoms with Crippen molar-refractivity contribution in [3.8, 4) is 11.4 Å². The number of hydrogen-bond donors (Lipinski definition) is 1. The van der Waals surface area contributed by atoms with E-state index in [1.165, 1.54) is 11.3 Å². The van der Waals surface area contributed by atoms with Crippen LogP contribution in [0.3, 0.4) is 0 Å². The number of hydrogen-bond acceptors (Lipinski definition) is 7. The standard InChI is InChI=1S/C17H20N4O5S/c1-21(17(23)13-6-8-27(24,25)9-7-13)10-15(22)19-14-4-2-12(3-5-14)16-18-11-26-20-16/h2-5,11,13H,6-10H2,1H3,(H,19,22). The molecule has 0 radical (unpaired) electrons. The highest BCUT2D eigenvalue weighted by atomic mass is 32.2. The maximum absolute atomic E-state index is 12.4. The number of rotatable bonds is 5. The number of benzene rings is 1. The number of sulfone groups is 1. The van der Waals surface area contributed by atoms with Crippen LogP contribution in [-0.2, 0) is 19.4 Å². The quantitative estimate of drug-likeness (QED) is 0.804. The van der Waals surface area contributed by atoms with Crippen LogP contribution in [0.1, 0.15) is 12.8 Å². The van der Waals surface area contributed by atoms with E-state index < -0.39 is 9.84 Å². The third-order valence-corrected chi connectivity index (χ3v) is 6.16. The first-order valence-electron chi connectivity index (χ1n) is 8.46. The number of carbonyl (C=O) groups is 2. The van der Waals surface area contributed by atoms with Gasteiger partial charge >= 0.3 is 0 Å². The summed E-state index contributed by atoms with van der Waals surface area (Å²) in [4.78, 5) is 29.9. The van der Waals surface area contributed by atoms with Crippen molar-refractivity contribution in [3.63, 3.8) is 0 Å². The van der Waals surface area contributed by atoms with Gasteiger partial charge in [0, 0.05) is 24.2 Å². The molecule has 2 aromatic rings. The van der Waals surface area contributed by atoms with Gasteiger partial charge in [-0.05, 0) is 37.1 Å². The maximum Gasteiger partial charge on any atom is 0.243 e. The molecule has 2 heterocycles. The number of anilines is 1. The predicted octanol–water partition coefficient (Wildman–Crippen LogP) is 0.958. The molecule has 0 saturated carbocycles. The Balaban J connectivity index is 1.52. The highest BCUT2D eigenvalue weighted by molar-refractivity contribution is 7.91. The Kier molecular flexibility index (Phi) is 5.54. The van der Waals surface area contributed by atoms with Crippen molar-refractivity contribution in [3.05, 3.63) is 30.7 Å². The minimum atomic E-state index is -3.02. The molecule has 1 fully saturated rings. The summed E-state index contributed by atoms with van der Waals surface area (Å²) in [5.41, 5.74) is 1.33. The first kappa shape index (κ1) is 19.0. The van der Waals surface area contributed by atoms with Gasteiger partial charge in [-0.1, -0.05) is 5.16 Å². The second-order valence-corrected chi connectivity index (χ2v) is 8.80. The third-order valence-electron chi connectivity index (χ3n) is 4.45. The highest BCUT2D eigenvalue weighted by Gasteiger charge is 2.30. The molecule has 27 heavy (non-hydrogen) atoms. The smallest absolute Gasteiger partial charge is 0.243 e. The fourth-order valence-corrected chi connectivity index (χ4v) is 4.43. The Bertz CT molecular complexity index is 895. The molecule has 0 atom stereocenters. The minimum Gasteiger partial charge on any atom is -0.342 e. The summed E-state index contributed by atoms with van der Waals surface area (Å²) in [6, 6.07) is 6.91. The normalized spacial score (nSPS) is 16.6. The van der Waals surface area contributed by atoms with Crippen molar-refractivity contribution in [1.82, 2.24) is 15.0 Å². The molecule has 2 amide bonds. The molecule has 0 aliphatic carbocycles. The Morgan fingerprint density at radius 1 is 1.22 bits per heavy atom. The molecule has 144 valence electrons. The molecule has 10 heteroatoms. The summed E-state index contributed by atoms with van der Waals surface area (Å²) >= 11 is 0. The summed E-state index contributed by atoms with van der Waals surface area (Å²) in [5.74, 6) is -0.380. The monoisotopic (exact) mass is 392 g/mol. The largest absolute Gasteiger partial charge is 0.342 e. The predicted molar refractivity (Wildman–Crippen MR) is 97.4 cm³/mol. The zero-order valence-electron chi connectivity index (χ0n) is 14.8. The lowest BCUT2D eigenvalue weighted by Crippen LogP contribution is -2.41.